The average Bonchev–Trinajstić information content (AvgIpc) is 3.40. The Morgan fingerprint density at radius 1 is 1.03 bits per heavy atom. The number of aromatic nitrogens is 1. The lowest BCUT2D eigenvalue weighted by molar-refractivity contribution is -0.121. The number of carbonyl (C=O) groups excluding carboxylic acids is 3. The summed E-state index contributed by atoms with van der Waals surface area (Å²) in [6.45, 7) is 9.22. The van der Waals surface area contributed by atoms with Crippen molar-refractivity contribution in [3.63, 3.8) is 0 Å². The van der Waals surface area contributed by atoms with Crippen LogP contribution in [0, 0.1) is 6.92 Å². The molecule has 0 unspecified atom stereocenters. The average molecular weight is 501 g/mol. The second kappa shape index (κ2) is 11.1. The van der Waals surface area contributed by atoms with Crippen molar-refractivity contribution in [2.45, 2.75) is 33.6 Å². The van der Waals surface area contributed by atoms with Gasteiger partial charge in [-0.15, -0.1) is 12.4 Å². The van der Waals surface area contributed by atoms with E-state index in [2.05, 4.69) is 18.7 Å². The molecular weight excluding hydrogens is 472 g/mol. The summed E-state index contributed by atoms with van der Waals surface area (Å²) in [7, 11) is 0. The topological polar surface area (TPSA) is 73.8 Å². The third-order valence-electron chi connectivity index (χ3n) is 6.02. The predicted molar refractivity (Wildman–Crippen MR) is 139 cm³/mol. The minimum absolute atomic E-state index is 0. The molecule has 0 radical (unpaired) electrons. The Kier molecular flexibility index (Phi) is 8.41. The van der Waals surface area contributed by atoms with Crippen LogP contribution < -0.4 is 9.80 Å². The molecular formula is C25H29ClN4O3S. The summed E-state index contributed by atoms with van der Waals surface area (Å²) < 4.78 is 1.03. The summed E-state index contributed by atoms with van der Waals surface area (Å²) in [4.78, 5) is 48.1. The number of anilines is 2. The maximum atomic E-state index is 13.7. The Morgan fingerprint density at radius 3 is 2.35 bits per heavy atom. The van der Waals surface area contributed by atoms with E-state index in [4.69, 9.17) is 4.98 Å². The van der Waals surface area contributed by atoms with E-state index in [0.717, 1.165) is 35.4 Å². The van der Waals surface area contributed by atoms with E-state index in [9.17, 15) is 14.4 Å². The first-order chi connectivity index (χ1) is 15.9. The molecule has 0 saturated carbocycles. The number of likely N-dealkylation sites (N-methyl/N-ethyl adjacent to an activating group) is 1. The molecule has 1 saturated heterocycles. The Hall–Kier alpha value is -2.81. The maximum absolute atomic E-state index is 13.7. The fourth-order valence-electron chi connectivity index (χ4n) is 4.05. The molecule has 0 bridgehead atoms. The lowest BCUT2D eigenvalue weighted by Gasteiger charge is -2.25. The van der Waals surface area contributed by atoms with E-state index >= 15 is 0 Å². The standard InChI is InChI=1S/C25H28N4O3S.ClH/c1-4-27(5-2)14-15-28(25-26-23-17(3)8-6-11-20(23)33-25)24(32)18-9-7-10-19(16-18)29-21(30)12-13-22(29)31;/h6-11,16H,4-5,12-15H2,1-3H3;1H. The van der Waals surface area contributed by atoms with Crippen LogP contribution in [0.4, 0.5) is 10.8 Å². The second-order valence-electron chi connectivity index (χ2n) is 8.07. The summed E-state index contributed by atoms with van der Waals surface area (Å²) in [6, 6.07) is 12.8. The molecule has 9 heteroatoms. The van der Waals surface area contributed by atoms with E-state index < -0.39 is 0 Å². The Bertz CT molecular complexity index is 1190. The van der Waals surface area contributed by atoms with Gasteiger partial charge in [-0.2, -0.15) is 0 Å². The fourth-order valence-corrected chi connectivity index (χ4v) is 5.12. The predicted octanol–water partition coefficient (Wildman–Crippen LogP) is 4.67. The lowest BCUT2D eigenvalue weighted by atomic mass is 10.1. The van der Waals surface area contributed by atoms with Crippen LogP contribution in [-0.2, 0) is 9.59 Å². The van der Waals surface area contributed by atoms with Gasteiger partial charge >= 0.3 is 0 Å². The summed E-state index contributed by atoms with van der Waals surface area (Å²) in [5, 5.41) is 0.648. The highest BCUT2D eigenvalue weighted by atomic mass is 35.5. The number of amides is 3. The molecule has 1 fully saturated rings. The molecule has 0 atom stereocenters. The first kappa shape index (κ1) is 25.8. The molecule has 1 aromatic heterocycles. The zero-order valence-electron chi connectivity index (χ0n) is 19.6. The number of rotatable bonds is 8. The summed E-state index contributed by atoms with van der Waals surface area (Å²) >= 11 is 1.50. The molecule has 2 heterocycles. The van der Waals surface area contributed by atoms with Crippen LogP contribution in [0.1, 0.15) is 42.6 Å². The molecule has 4 rings (SSSR count). The summed E-state index contributed by atoms with van der Waals surface area (Å²) in [6.07, 6.45) is 0.413. The van der Waals surface area contributed by atoms with Crippen LogP contribution >= 0.6 is 23.7 Å². The van der Waals surface area contributed by atoms with Crippen molar-refractivity contribution in [1.29, 1.82) is 0 Å². The molecule has 2 aromatic carbocycles. The summed E-state index contributed by atoms with van der Waals surface area (Å²) in [5.41, 5.74) is 2.84. The number of aryl methyl sites for hydroxylation is 1. The van der Waals surface area contributed by atoms with Gasteiger partial charge in [0, 0.05) is 31.5 Å². The minimum Gasteiger partial charge on any atom is -0.302 e. The van der Waals surface area contributed by atoms with Gasteiger partial charge in [-0.05, 0) is 49.8 Å². The van der Waals surface area contributed by atoms with Gasteiger partial charge in [0.25, 0.3) is 5.91 Å². The third kappa shape index (κ3) is 5.14. The van der Waals surface area contributed by atoms with Crippen LogP contribution in [0.3, 0.4) is 0 Å². The van der Waals surface area contributed by atoms with Gasteiger partial charge in [0.2, 0.25) is 11.8 Å². The van der Waals surface area contributed by atoms with Gasteiger partial charge in [-0.25, -0.2) is 4.98 Å². The number of nitrogens with zero attached hydrogens (tertiary/aromatic N) is 4. The fraction of sp³-hybridized carbons (Fsp3) is 0.360. The van der Waals surface area contributed by atoms with Gasteiger partial charge < -0.3 is 4.90 Å². The molecule has 1 aliphatic rings. The smallest absolute Gasteiger partial charge is 0.260 e. The molecule has 3 amide bonds. The highest BCUT2D eigenvalue weighted by Crippen LogP contribution is 2.32. The molecule has 0 spiro atoms. The first-order valence-corrected chi connectivity index (χ1v) is 12.1. The van der Waals surface area contributed by atoms with Crippen LogP contribution in [0.5, 0.6) is 0 Å². The number of fused-ring (bicyclic) bond motifs is 1. The number of hydrogen-bond acceptors (Lipinski definition) is 6. The van der Waals surface area contributed by atoms with Gasteiger partial charge in [0.1, 0.15) is 0 Å². The Morgan fingerprint density at radius 2 is 1.71 bits per heavy atom. The van der Waals surface area contributed by atoms with Gasteiger partial charge in [0.05, 0.1) is 15.9 Å². The zero-order chi connectivity index (χ0) is 23.5. The normalized spacial score (nSPS) is 13.6. The van der Waals surface area contributed by atoms with Crippen molar-refractivity contribution < 1.29 is 14.4 Å². The van der Waals surface area contributed by atoms with E-state index in [-0.39, 0.29) is 43.0 Å². The largest absolute Gasteiger partial charge is 0.302 e. The van der Waals surface area contributed by atoms with Crippen molar-refractivity contribution in [3.8, 4) is 0 Å². The monoisotopic (exact) mass is 500 g/mol. The molecule has 34 heavy (non-hydrogen) atoms. The quantitative estimate of drug-likeness (QED) is 0.420. The number of benzene rings is 2. The number of thiazole rings is 1. The lowest BCUT2D eigenvalue weighted by Crippen LogP contribution is -2.39. The van der Waals surface area contributed by atoms with Crippen LogP contribution in [-0.4, -0.2) is 53.8 Å². The van der Waals surface area contributed by atoms with Crippen molar-refractivity contribution in [3.05, 3.63) is 53.6 Å². The minimum atomic E-state index is -0.232. The van der Waals surface area contributed by atoms with Crippen LogP contribution in [0.25, 0.3) is 10.2 Å². The van der Waals surface area contributed by atoms with Crippen LogP contribution in [0.15, 0.2) is 42.5 Å². The molecule has 180 valence electrons. The Labute approximate surface area is 209 Å². The molecule has 0 N–H and O–H groups in total. The number of imide groups is 1. The molecule has 3 aromatic rings. The zero-order valence-corrected chi connectivity index (χ0v) is 21.2. The van der Waals surface area contributed by atoms with Gasteiger partial charge in [-0.1, -0.05) is 43.4 Å². The van der Waals surface area contributed by atoms with Crippen molar-refractivity contribution in [2.24, 2.45) is 0 Å². The Balaban J connectivity index is 0.00000324. The number of carbonyl (C=O) groups is 3. The first-order valence-electron chi connectivity index (χ1n) is 11.3. The van der Waals surface area contributed by atoms with Crippen molar-refractivity contribution in [1.82, 2.24) is 9.88 Å². The molecule has 1 aliphatic heterocycles. The molecule has 0 aliphatic carbocycles. The number of hydrogen-bond donors (Lipinski definition) is 0. The van der Waals surface area contributed by atoms with Gasteiger partial charge in [0.15, 0.2) is 5.13 Å². The van der Waals surface area contributed by atoms with E-state index in [1.807, 2.05) is 25.1 Å². The van der Waals surface area contributed by atoms with E-state index in [0.29, 0.717) is 22.9 Å². The highest BCUT2D eigenvalue weighted by molar-refractivity contribution is 7.22. The highest BCUT2D eigenvalue weighted by Gasteiger charge is 2.31. The number of para-hydroxylation sites is 1. The van der Waals surface area contributed by atoms with E-state index in [1.165, 1.54) is 16.2 Å². The van der Waals surface area contributed by atoms with Crippen molar-refractivity contribution in [2.75, 3.05) is 36.0 Å². The van der Waals surface area contributed by atoms with Gasteiger partial charge in [-0.3, -0.25) is 24.2 Å². The third-order valence-corrected chi connectivity index (χ3v) is 7.07. The summed E-state index contributed by atoms with van der Waals surface area (Å²) in [5.74, 6) is -0.658. The maximum Gasteiger partial charge on any atom is 0.260 e. The van der Waals surface area contributed by atoms with E-state index in [1.54, 1.807) is 29.2 Å². The molecule has 7 nitrogen and oxygen atoms in total. The second-order valence-corrected chi connectivity index (χ2v) is 9.08. The SMILES string of the molecule is CCN(CC)CCN(C(=O)c1cccc(N2C(=O)CCC2=O)c1)c1nc2c(C)cccc2s1.Cl. The number of halogens is 1. The van der Waals surface area contributed by atoms with Crippen molar-refractivity contribution >= 4 is 62.5 Å². The van der Waals surface area contributed by atoms with Crippen LogP contribution in [0.2, 0.25) is 0 Å².